The Balaban J connectivity index is 1.39. The number of aromatic nitrogens is 1. The third-order valence-corrected chi connectivity index (χ3v) is 5.05. The van der Waals surface area contributed by atoms with E-state index in [-0.39, 0.29) is 11.8 Å². The monoisotopic (exact) mass is 405 g/mol. The van der Waals surface area contributed by atoms with Crippen LogP contribution in [-0.4, -0.2) is 60.1 Å². The topological polar surface area (TPSA) is 75.9 Å². The number of hydrogen-bond acceptors (Lipinski definition) is 5. The lowest BCUT2D eigenvalue weighted by atomic mass is 10.1. The van der Waals surface area contributed by atoms with Crippen molar-refractivity contribution in [2.45, 2.75) is 6.54 Å². The number of ether oxygens (including phenoxy) is 1. The summed E-state index contributed by atoms with van der Waals surface area (Å²) in [6.07, 6.45) is 0. The minimum absolute atomic E-state index is 0.0410. The van der Waals surface area contributed by atoms with Gasteiger partial charge in [-0.1, -0.05) is 35.5 Å². The molecule has 1 aliphatic heterocycles. The van der Waals surface area contributed by atoms with Gasteiger partial charge in [0.2, 0.25) is 0 Å². The van der Waals surface area contributed by atoms with Gasteiger partial charge in [-0.15, -0.1) is 0 Å². The van der Waals surface area contributed by atoms with Crippen LogP contribution in [0.1, 0.15) is 26.5 Å². The van der Waals surface area contributed by atoms with E-state index in [2.05, 4.69) is 5.16 Å². The largest absolute Gasteiger partial charge is 0.378 e. The summed E-state index contributed by atoms with van der Waals surface area (Å²) >= 11 is 0. The highest BCUT2D eigenvalue weighted by atomic mass is 16.5. The van der Waals surface area contributed by atoms with Gasteiger partial charge in [-0.2, -0.15) is 0 Å². The molecule has 4 rings (SSSR count). The molecule has 1 aromatic heterocycles. The highest BCUT2D eigenvalue weighted by molar-refractivity contribution is 5.97. The maximum absolute atomic E-state index is 12.8. The van der Waals surface area contributed by atoms with Crippen molar-refractivity contribution in [3.63, 3.8) is 0 Å². The third-order valence-electron chi connectivity index (χ3n) is 5.05. The number of carbonyl (C=O) groups is 2. The molecule has 0 bridgehead atoms. The zero-order valence-corrected chi connectivity index (χ0v) is 16.8. The van der Waals surface area contributed by atoms with Crippen LogP contribution in [0.3, 0.4) is 0 Å². The summed E-state index contributed by atoms with van der Waals surface area (Å²) in [5.41, 5.74) is 2.78. The molecule has 3 aromatic rings. The van der Waals surface area contributed by atoms with E-state index in [0.29, 0.717) is 49.7 Å². The van der Waals surface area contributed by atoms with Crippen molar-refractivity contribution in [1.29, 1.82) is 0 Å². The van der Waals surface area contributed by atoms with E-state index >= 15 is 0 Å². The zero-order chi connectivity index (χ0) is 20.9. The molecule has 0 atom stereocenters. The predicted octanol–water partition coefficient (Wildman–Crippen LogP) is 3.09. The van der Waals surface area contributed by atoms with Gasteiger partial charge in [0, 0.05) is 42.9 Å². The standard InChI is InChI=1S/C23H23N3O4/c1-25(16-20-15-21(24-30-20)17-5-3-2-4-6-17)22(27)18-7-9-19(10-8-18)23(28)26-11-13-29-14-12-26/h2-10,15H,11-14,16H2,1H3. The lowest BCUT2D eigenvalue weighted by Gasteiger charge is -2.26. The van der Waals surface area contributed by atoms with E-state index in [1.807, 2.05) is 36.4 Å². The van der Waals surface area contributed by atoms with Gasteiger partial charge < -0.3 is 19.1 Å². The Morgan fingerprint density at radius 2 is 1.67 bits per heavy atom. The fourth-order valence-corrected chi connectivity index (χ4v) is 3.36. The summed E-state index contributed by atoms with van der Waals surface area (Å²) in [5, 5.41) is 4.08. The molecule has 30 heavy (non-hydrogen) atoms. The molecular weight excluding hydrogens is 382 g/mol. The zero-order valence-electron chi connectivity index (χ0n) is 16.8. The fourth-order valence-electron chi connectivity index (χ4n) is 3.36. The van der Waals surface area contributed by atoms with Gasteiger partial charge >= 0.3 is 0 Å². The first-order valence-electron chi connectivity index (χ1n) is 9.85. The van der Waals surface area contributed by atoms with Crippen LogP contribution in [-0.2, 0) is 11.3 Å². The molecule has 0 saturated carbocycles. The summed E-state index contributed by atoms with van der Waals surface area (Å²) in [6.45, 7) is 2.59. The van der Waals surface area contributed by atoms with Crippen LogP contribution < -0.4 is 0 Å². The van der Waals surface area contributed by atoms with E-state index in [9.17, 15) is 9.59 Å². The molecule has 0 unspecified atom stereocenters. The van der Waals surface area contributed by atoms with Crippen molar-refractivity contribution in [3.05, 3.63) is 77.6 Å². The minimum Gasteiger partial charge on any atom is -0.378 e. The van der Waals surface area contributed by atoms with Crippen LogP contribution in [0.4, 0.5) is 0 Å². The first kappa shape index (κ1) is 19.8. The molecule has 7 heteroatoms. The summed E-state index contributed by atoms with van der Waals surface area (Å²) in [6, 6.07) is 18.3. The van der Waals surface area contributed by atoms with Crippen molar-refractivity contribution >= 4 is 11.8 Å². The van der Waals surface area contributed by atoms with Crippen LogP contribution in [0.2, 0.25) is 0 Å². The molecule has 0 aliphatic carbocycles. The lowest BCUT2D eigenvalue weighted by molar-refractivity contribution is 0.0303. The van der Waals surface area contributed by atoms with E-state index in [0.717, 1.165) is 11.3 Å². The van der Waals surface area contributed by atoms with Crippen LogP contribution in [0.25, 0.3) is 11.3 Å². The third kappa shape index (κ3) is 4.41. The first-order valence-corrected chi connectivity index (χ1v) is 9.85. The Bertz CT molecular complexity index is 1010. The smallest absolute Gasteiger partial charge is 0.254 e. The molecule has 1 fully saturated rings. The van der Waals surface area contributed by atoms with Gasteiger partial charge in [0.05, 0.1) is 19.8 Å². The molecular formula is C23H23N3O4. The van der Waals surface area contributed by atoms with Gasteiger partial charge in [-0.3, -0.25) is 9.59 Å². The summed E-state index contributed by atoms with van der Waals surface area (Å²) in [4.78, 5) is 28.6. The fraction of sp³-hybridized carbons (Fsp3) is 0.261. The predicted molar refractivity (Wildman–Crippen MR) is 111 cm³/mol. The van der Waals surface area contributed by atoms with Gasteiger partial charge in [0.15, 0.2) is 5.76 Å². The summed E-state index contributed by atoms with van der Waals surface area (Å²) < 4.78 is 10.7. The average Bonchev–Trinajstić information content (AvgIpc) is 3.28. The van der Waals surface area contributed by atoms with E-state index in [4.69, 9.17) is 9.26 Å². The van der Waals surface area contributed by atoms with Gasteiger partial charge in [0.1, 0.15) is 5.69 Å². The summed E-state index contributed by atoms with van der Waals surface area (Å²) in [7, 11) is 1.71. The number of benzene rings is 2. The van der Waals surface area contributed by atoms with E-state index < -0.39 is 0 Å². The van der Waals surface area contributed by atoms with Crippen molar-refractivity contribution in [2.75, 3.05) is 33.4 Å². The van der Waals surface area contributed by atoms with Crippen molar-refractivity contribution in [2.24, 2.45) is 0 Å². The Morgan fingerprint density at radius 1 is 1.00 bits per heavy atom. The molecule has 2 heterocycles. The highest BCUT2D eigenvalue weighted by Gasteiger charge is 2.20. The quantitative estimate of drug-likeness (QED) is 0.652. The number of amides is 2. The van der Waals surface area contributed by atoms with Crippen molar-refractivity contribution < 1.29 is 18.8 Å². The summed E-state index contributed by atoms with van der Waals surface area (Å²) in [5.74, 6) is 0.405. The van der Waals surface area contributed by atoms with Crippen LogP contribution in [0, 0.1) is 0 Å². The molecule has 1 aliphatic rings. The van der Waals surface area contributed by atoms with Crippen molar-refractivity contribution in [1.82, 2.24) is 15.0 Å². The van der Waals surface area contributed by atoms with Crippen LogP contribution in [0.5, 0.6) is 0 Å². The highest BCUT2D eigenvalue weighted by Crippen LogP contribution is 2.20. The normalized spacial score (nSPS) is 13.8. The number of hydrogen-bond donors (Lipinski definition) is 0. The Morgan fingerprint density at radius 3 is 2.37 bits per heavy atom. The molecule has 0 spiro atoms. The second-order valence-corrected chi connectivity index (χ2v) is 7.19. The van der Waals surface area contributed by atoms with Gasteiger partial charge in [0.25, 0.3) is 11.8 Å². The van der Waals surface area contributed by atoms with Crippen LogP contribution in [0.15, 0.2) is 65.2 Å². The Hall–Kier alpha value is -3.45. The number of rotatable bonds is 5. The van der Waals surface area contributed by atoms with Gasteiger partial charge in [-0.25, -0.2) is 0 Å². The van der Waals surface area contributed by atoms with Gasteiger partial charge in [-0.05, 0) is 24.3 Å². The molecule has 0 N–H and O–H groups in total. The second kappa shape index (κ2) is 8.92. The molecule has 2 aromatic carbocycles. The molecule has 1 saturated heterocycles. The maximum Gasteiger partial charge on any atom is 0.254 e. The molecule has 0 radical (unpaired) electrons. The minimum atomic E-state index is -0.155. The average molecular weight is 405 g/mol. The Kier molecular flexibility index (Phi) is 5.90. The second-order valence-electron chi connectivity index (χ2n) is 7.19. The first-order chi connectivity index (χ1) is 14.6. The SMILES string of the molecule is CN(Cc1cc(-c2ccccc2)no1)C(=O)c1ccc(C(=O)N2CCOCC2)cc1. The maximum atomic E-state index is 12.8. The van der Waals surface area contributed by atoms with E-state index in [1.165, 1.54) is 0 Å². The number of carbonyl (C=O) groups excluding carboxylic acids is 2. The molecule has 154 valence electrons. The van der Waals surface area contributed by atoms with Crippen LogP contribution >= 0.6 is 0 Å². The molecule has 7 nitrogen and oxygen atoms in total. The number of nitrogens with zero attached hydrogens (tertiary/aromatic N) is 3. The lowest BCUT2D eigenvalue weighted by Crippen LogP contribution is -2.40. The number of morpholine rings is 1. The van der Waals surface area contributed by atoms with E-state index in [1.54, 1.807) is 41.1 Å². The molecule has 2 amide bonds. The Labute approximate surface area is 174 Å². The van der Waals surface area contributed by atoms with Crippen molar-refractivity contribution in [3.8, 4) is 11.3 Å².